The van der Waals surface area contributed by atoms with Crippen molar-refractivity contribution in [3.8, 4) is 0 Å². The molecule has 0 heterocycles. The van der Waals surface area contributed by atoms with Gasteiger partial charge in [0.15, 0.2) is 0 Å². The highest BCUT2D eigenvalue weighted by Gasteiger charge is 2.35. The molecule has 0 aliphatic rings. The van der Waals surface area contributed by atoms with E-state index < -0.39 is 34.1 Å². The molecule has 43 heavy (non-hydrogen) atoms. The van der Waals surface area contributed by atoms with Crippen molar-refractivity contribution in [2.45, 2.75) is 50.2 Å². The molecule has 0 unspecified atom stereocenters. The van der Waals surface area contributed by atoms with Gasteiger partial charge in [-0.3, -0.25) is 13.9 Å². The number of rotatable bonds is 11. The van der Waals surface area contributed by atoms with E-state index in [0.29, 0.717) is 16.3 Å². The molecule has 0 saturated heterocycles. The third-order valence-corrected chi connectivity index (χ3v) is 8.69. The molecule has 0 bridgehead atoms. The van der Waals surface area contributed by atoms with Crippen LogP contribution in [-0.4, -0.2) is 43.3 Å². The zero-order valence-corrected chi connectivity index (χ0v) is 26.1. The number of amides is 2. The minimum Gasteiger partial charge on any atom is -0.350 e. The van der Waals surface area contributed by atoms with Crippen LogP contribution in [0.1, 0.15) is 31.9 Å². The van der Waals surface area contributed by atoms with Gasteiger partial charge in [-0.25, -0.2) is 8.42 Å². The van der Waals surface area contributed by atoms with Crippen LogP contribution in [0.3, 0.4) is 0 Å². The second-order valence-electron chi connectivity index (χ2n) is 11.3. The molecule has 7 nitrogen and oxygen atoms in total. The van der Waals surface area contributed by atoms with E-state index in [4.69, 9.17) is 11.6 Å². The number of nitrogens with zero attached hydrogens (tertiary/aromatic N) is 2. The maximum absolute atomic E-state index is 14.4. The highest BCUT2D eigenvalue weighted by atomic mass is 35.5. The maximum atomic E-state index is 14.4. The van der Waals surface area contributed by atoms with Crippen LogP contribution >= 0.6 is 11.6 Å². The topological polar surface area (TPSA) is 86.8 Å². The molecule has 0 aliphatic heterocycles. The summed E-state index contributed by atoms with van der Waals surface area (Å²) in [6, 6.07) is 32.0. The average molecular weight is 618 g/mol. The van der Waals surface area contributed by atoms with Gasteiger partial charge in [-0.15, -0.1) is 0 Å². The fourth-order valence-corrected chi connectivity index (χ4v) is 6.33. The molecule has 1 N–H and O–H groups in total. The third kappa shape index (κ3) is 8.69. The Kier molecular flexibility index (Phi) is 10.3. The minimum absolute atomic E-state index is 0.0441. The number of hydrogen-bond acceptors (Lipinski definition) is 4. The van der Waals surface area contributed by atoms with Gasteiger partial charge in [0.25, 0.3) is 10.0 Å². The van der Waals surface area contributed by atoms with Crippen molar-refractivity contribution in [2.24, 2.45) is 0 Å². The maximum Gasteiger partial charge on any atom is 0.264 e. The van der Waals surface area contributed by atoms with Gasteiger partial charge in [0.1, 0.15) is 12.6 Å². The summed E-state index contributed by atoms with van der Waals surface area (Å²) in [5, 5.41) is 3.51. The number of hydrogen-bond donors (Lipinski definition) is 1. The van der Waals surface area contributed by atoms with Gasteiger partial charge < -0.3 is 10.2 Å². The minimum atomic E-state index is -4.13. The largest absolute Gasteiger partial charge is 0.350 e. The Morgan fingerprint density at radius 2 is 1.35 bits per heavy atom. The average Bonchev–Trinajstić information content (AvgIpc) is 2.98. The Bertz CT molecular complexity index is 1630. The summed E-state index contributed by atoms with van der Waals surface area (Å²) in [5.74, 6) is -0.878. The molecule has 4 rings (SSSR count). The summed E-state index contributed by atoms with van der Waals surface area (Å²) in [5.41, 5.74) is 1.34. The summed E-state index contributed by atoms with van der Waals surface area (Å²) in [7, 11) is -4.13. The van der Waals surface area contributed by atoms with Crippen LogP contribution in [0, 0.1) is 0 Å². The van der Waals surface area contributed by atoms with E-state index in [2.05, 4.69) is 5.32 Å². The second-order valence-corrected chi connectivity index (χ2v) is 13.6. The Morgan fingerprint density at radius 3 is 1.93 bits per heavy atom. The molecule has 9 heteroatoms. The van der Waals surface area contributed by atoms with Crippen molar-refractivity contribution >= 4 is 39.1 Å². The zero-order valence-electron chi connectivity index (χ0n) is 24.5. The van der Waals surface area contributed by atoms with Crippen LogP contribution in [0.2, 0.25) is 5.02 Å². The number of nitrogens with one attached hydrogen (secondary N) is 1. The van der Waals surface area contributed by atoms with Crippen molar-refractivity contribution in [3.63, 3.8) is 0 Å². The lowest BCUT2D eigenvalue weighted by Crippen LogP contribution is -2.56. The van der Waals surface area contributed by atoms with Crippen molar-refractivity contribution in [1.29, 1.82) is 0 Å². The predicted octanol–water partition coefficient (Wildman–Crippen LogP) is 6.09. The first kappa shape index (κ1) is 31.8. The van der Waals surface area contributed by atoms with Crippen molar-refractivity contribution < 1.29 is 18.0 Å². The van der Waals surface area contributed by atoms with Gasteiger partial charge in [0.2, 0.25) is 11.8 Å². The fourth-order valence-electron chi connectivity index (χ4n) is 4.68. The molecule has 0 saturated carbocycles. The number of carbonyl (C=O) groups excluding carboxylic acids is 2. The molecular weight excluding hydrogens is 582 g/mol. The van der Waals surface area contributed by atoms with Crippen molar-refractivity contribution in [2.75, 3.05) is 10.8 Å². The van der Waals surface area contributed by atoms with Crippen LogP contribution < -0.4 is 9.62 Å². The van der Waals surface area contributed by atoms with E-state index in [-0.39, 0.29) is 23.8 Å². The molecule has 224 valence electrons. The first-order valence-electron chi connectivity index (χ1n) is 14.0. The lowest BCUT2D eigenvalue weighted by Gasteiger charge is -2.35. The monoisotopic (exact) mass is 617 g/mol. The number of sulfonamides is 1. The van der Waals surface area contributed by atoms with Crippen LogP contribution in [0.4, 0.5) is 5.69 Å². The van der Waals surface area contributed by atoms with Crippen LogP contribution in [-0.2, 0) is 32.6 Å². The van der Waals surface area contributed by atoms with Gasteiger partial charge in [0, 0.05) is 23.5 Å². The highest BCUT2D eigenvalue weighted by molar-refractivity contribution is 7.92. The van der Waals surface area contributed by atoms with Crippen molar-refractivity contribution in [3.05, 3.63) is 131 Å². The molecule has 0 aliphatic carbocycles. The standard InChI is InChI=1S/C34H36ClN3O4S/c1-34(2,3)36-33(40)31(23-26-14-7-4-8-15-26)37(24-27-16-13-17-28(35)22-27)32(39)25-38(29-18-9-5-10-19-29)43(41,42)30-20-11-6-12-21-30/h4-22,31H,23-25H2,1-3H3,(H,36,40)/t31-/m0/s1. The van der Waals surface area contributed by atoms with E-state index in [1.54, 1.807) is 66.7 Å². The number of benzene rings is 4. The molecular formula is C34H36ClN3O4S. The van der Waals surface area contributed by atoms with Crippen LogP contribution in [0.5, 0.6) is 0 Å². The number of anilines is 1. The van der Waals surface area contributed by atoms with E-state index in [9.17, 15) is 18.0 Å². The number of carbonyl (C=O) groups is 2. The summed E-state index contributed by atoms with van der Waals surface area (Å²) in [6.07, 6.45) is 0.228. The Balaban J connectivity index is 1.80. The van der Waals surface area contributed by atoms with E-state index in [0.717, 1.165) is 9.87 Å². The first-order valence-corrected chi connectivity index (χ1v) is 15.8. The van der Waals surface area contributed by atoms with E-state index in [1.807, 2.05) is 57.2 Å². The van der Waals surface area contributed by atoms with Crippen LogP contribution in [0.15, 0.2) is 120 Å². The molecule has 0 aromatic heterocycles. The molecule has 2 amide bonds. The SMILES string of the molecule is CC(C)(C)NC(=O)[C@H](Cc1ccccc1)N(Cc1cccc(Cl)c1)C(=O)CN(c1ccccc1)S(=O)(=O)c1ccccc1. The molecule has 0 fully saturated rings. The molecule has 4 aromatic rings. The molecule has 4 aromatic carbocycles. The number of halogens is 1. The summed E-state index contributed by atoms with van der Waals surface area (Å²) >= 11 is 6.29. The highest BCUT2D eigenvalue weighted by Crippen LogP contribution is 2.25. The molecule has 0 spiro atoms. The van der Waals surface area contributed by atoms with Gasteiger partial charge >= 0.3 is 0 Å². The summed E-state index contributed by atoms with van der Waals surface area (Å²) in [6.45, 7) is 5.14. The van der Waals surface area contributed by atoms with Gasteiger partial charge in [-0.05, 0) is 68.3 Å². The van der Waals surface area contributed by atoms with Crippen LogP contribution in [0.25, 0.3) is 0 Å². The first-order chi connectivity index (χ1) is 20.4. The van der Waals surface area contributed by atoms with Gasteiger partial charge in [0.05, 0.1) is 10.6 Å². The Morgan fingerprint density at radius 1 is 0.791 bits per heavy atom. The third-order valence-electron chi connectivity index (χ3n) is 6.67. The lowest BCUT2D eigenvalue weighted by molar-refractivity contribution is -0.140. The second kappa shape index (κ2) is 13.9. The molecule has 1 atom stereocenters. The smallest absolute Gasteiger partial charge is 0.264 e. The van der Waals surface area contributed by atoms with Gasteiger partial charge in [-0.1, -0.05) is 90.5 Å². The Labute approximate surface area is 259 Å². The zero-order chi connectivity index (χ0) is 31.0. The number of para-hydroxylation sites is 1. The van der Waals surface area contributed by atoms with Gasteiger partial charge in [-0.2, -0.15) is 0 Å². The quantitative estimate of drug-likeness (QED) is 0.221. The van der Waals surface area contributed by atoms with E-state index in [1.165, 1.54) is 17.0 Å². The fraction of sp³-hybridized carbons (Fsp3) is 0.235. The lowest BCUT2D eigenvalue weighted by atomic mass is 10.0. The van der Waals surface area contributed by atoms with Crippen molar-refractivity contribution in [1.82, 2.24) is 10.2 Å². The predicted molar refractivity (Wildman–Crippen MR) is 171 cm³/mol. The Hall–Kier alpha value is -4.14. The molecule has 0 radical (unpaired) electrons. The summed E-state index contributed by atoms with van der Waals surface area (Å²) < 4.78 is 29.0. The normalized spacial score (nSPS) is 12.3. The van der Waals surface area contributed by atoms with E-state index >= 15 is 0 Å². The summed E-state index contributed by atoms with van der Waals surface area (Å²) in [4.78, 5) is 29.8.